The average molecular weight is 243 g/mol. The Morgan fingerprint density at radius 3 is 2.38 bits per heavy atom. The zero-order chi connectivity index (χ0) is 12.3. The van der Waals surface area contributed by atoms with Crippen LogP contribution in [0.5, 0.6) is 0 Å². The molecule has 1 aliphatic rings. The lowest BCUT2D eigenvalue weighted by molar-refractivity contribution is -0.138. The fraction of sp³-hybridized carbons (Fsp3) is 0.700. The number of thiocarbonyl (C=S) groups is 1. The summed E-state index contributed by atoms with van der Waals surface area (Å²) in [7, 11) is 1.54. The molecule has 0 aromatic heterocycles. The zero-order valence-electron chi connectivity index (χ0n) is 9.58. The van der Waals surface area contributed by atoms with Crippen LogP contribution in [0, 0.1) is 5.41 Å². The van der Waals surface area contributed by atoms with Crippen molar-refractivity contribution in [2.45, 2.75) is 19.8 Å². The van der Waals surface area contributed by atoms with Gasteiger partial charge >= 0.3 is 0 Å². The van der Waals surface area contributed by atoms with Gasteiger partial charge in [-0.25, -0.2) is 0 Å². The molecule has 0 aromatic rings. The van der Waals surface area contributed by atoms with Gasteiger partial charge in [0.15, 0.2) is 0 Å². The van der Waals surface area contributed by atoms with E-state index in [9.17, 15) is 9.59 Å². The number of likely N-dealkylation sites (N-methyl/N-ethyl adjacent to an activating group) is 2. The zero-order valence-corrected chi connectivity index (χ0v) is 10.4. The normalized spacial score (nSPS) is 16.4. The second-order valence-electron chi connectivity index (χ2n) is 3.94. The Balaban J connectivity index is 2.70. The Hall–Kier alpha value is -1.17. The average Bonchev–Trinajstić information content (AvgIpc) is 3.05. The summed E-state index contributed by atoms with van der Waals surface area (Å²) in [5.41, 5.74) is 4.91. The number of carbonyl (C=O) groups excluding carboxylic acids is 2. The van der Waals surface area contributed by atoms with E-state index < -0.39 is 5.41 Å². The molecule has 0 aromatic carbocycles. The summed E-state index contributed by atoms with van der Waals surface area (Å²) in [5.74, 6) is -0.306. The predicted octanol–water partition coefficient (Wildman–Crippen LogP) is -0.353. The molecule has 2 amide bonds. The van der Waals surface area contributed by atoms with Crippen molar-refractivity contribution in [1.29, 1.82) is 0 Å². The van der Waals surface area contributed by atoms with E-state index in [1.807, 2.05) is 6.92 Å². The highest BCUT2D eigenvalue weighted by atomic mass is 32.1. The number of hydrogen-bond donors (Lipinski definition) is 2. The van der Waals surface area contributed by atoms with Crippen LogP contribution in [0.3, 0.4) is 0 Å². The van der Waals surface area contributed by atoms with E-state index in [-0.39, 0.29) is 23.3 Å². The van der Waals surface area contributed by atoms with Gasteiger partial charge in [0.05, 0.1) is 16.9 Å². The quantitative estimate of drug-likeness (QED) is 0.647. The molecule has 0 radical (unpaired) electrons. The topological polar surface area (TPSA) is 75.4 Å². The van der Waals surface area contributed by atoms with E-state index in [0.29, 0.717) is 19.4 Å². The highest BCUT2D eigenvalue weighted by molar-refractivity contribution is 7.80. The van der Waals surface area contributed by atoms with Crippen LogP contribution in [0.25, 0.3) is 0 Å². The third-order valence-corrected chi connectivity index (χ3v) is 3.30. The number of nitrogens with two attached hydrogens (primary N) is 1. The smallest absolute Gasteiger partial charge is 0.239 e. The maximum absolute atomic E-state index is 12.1. The fourth-order valence-corrected chi connectivity index (χ4v) is 1.86. The molecule has 90 valence electrons. The largest absolute Gasteiger partial charge is 0.392 e. The van der Waals surface area contributed by atoms with Gasteiger partial charge in [-0.05, 0) is 19.8 Å². The van der Waals surface area contributed by atoms with Crippen molar-refractivity contribution < 1.29 is 9.59 Å². The first-order valence-electron chi connectivity index (χ1n) is 5.27. The molecular weight excluding hydrogens is 226 g/mol. The van der Waals surface area contributed by atoms with Gasteiger partial charge < -0.3 is 16.0 Å². The lowest BCUT2D eigenvalue weighted by Crippen LogP contribution is -2.46. The predicted molar refractivity (Wildman–Crippen MR) is 64.8 cm³/mol. The summed E-state index contributed by atoms with van der Waals surface area (Å²) in [6.07, 6.45) is 1.40. The van der Waals surface area contributed by atoms with Gasteiger partial charge in [0.25, 0.3) is 0 Å². The number of hydrogen-bond acceptors (Lipinski definition) is 3. The maximum Gasteiger partial charge on any atom is 0.239 e. The van der Waals surface area contributed by atoms with E-state index >= 15 is 0 Å². The van der Waals surface area contributed by atoms with Gasteiger partial charge in [-0.1, -0.05) is 12.2 Å². The lowest BCUT2D eigenvalue weighted by Gasteiger charge is -2.24. The second-order valence-corrected chi connectivity index (χ2v) is 4.38. The molecule has 3 N–H and O–H groups in total. The van der Waals surface area contributed by atoms with E-state index in [0.717, 1.165) is 0 Å². The van der Waals surface area contributed by atoms with Crippen molar-refractivity contribution in [2.75, 3.05) is 20.1 Å². The molecule has 1 rings (SSSR count). The van der Waals surface area contributed by atoms with E-state index in [1.165, 1.54) is 4.90 Å². The summed E-state index contributed by atoms with van der Waals surface area (Å²) >= 11 is 4.91. The number of rotatable bonds is 5. The summed E-state index contributed by atoms with van der Waals surface area (Å²) in [6, 6.07) is 0. The third-order valence-electron chi connectivity index (χ3n) is 2.91. The Kier molecular flexibility index (Phi) is 3.85. The Morgan fingerprint density at radius 1 is 1.50 bits per heavy atom. The van der Waals surface area contributed by atoms with Gasteiger partial charge in [0, 0.05) is 13.6 Å². The molecule has 0 saturated heterocycles. The first-order chi connectivity index (χ1) is 7.47. The van der Waals surface area contributed by atoms with Gasteiger partial charge in [-0.2, -0.15) is 0 Å². The molecular formula is C10H17N3O2S. The van der Waals surface area contributed by atoms with Crippen molar-refractivity contribution in [3.63, 3.8) is 0 Å². The van der Waals surface area contributed by atoms with Crippen LogP contribution in [0.1, 0.15) is 19.8 Å². The van der Waals surface area contributed by atoms with Gasteiger partial charge in [0.1, 0.15) is 0 Å². The molecule has 0 unspecified atom stereocenters. The van der Waals surface area contributed by atoms with Crippen LogP contribution < -0.4 is 11.1 Å². The molecule has 16 heavy (non-hydrogen) atoms. The molecule has 0 heterocycles. The molecule has 5 nitrogen and oxygen atoms in total. The van der Waals surface area contributed by atoms with Crippen LogP contribution in [0.15, 0.2) is 0 Å². The Labute approximate surface area is 100 Å². The van der Waals surface area contributed by atoms with Crippen LogP contribution >= 0.6 is 12.2 Å². The third kappa shape index (κ3) is 2.32. The summed E-state index contributed by atoms with van der Waals surface area (Å²) in [4.78, 5) is 25.1. The van der Waals surface area contributed by atoms with Crippen molar-refractivity contribution in [3.05, 3.63) is 0 Å². The minimum atomic E-state index is -0.667. The maximum atomic E-state index is 12.1. The number of nitrogens with zero attached hydrogens (tertiary/aromatic N) is 1. The van der Waals surface area contributed by atoms with Crippen LogP contribution in [-0.2, 0) is 9.59 Å². The number of nitrogens with one attached hydrogen (secondary N) is 1. The van der Waals surface area contributed by atoms with Crippen molar-refractivity contribution in [2.24, 2.45) is 11.1 Å². The van der Waals surface area contributed by atoms with Crippen molar-refractivity contribution in [1.82, 2.24) is 10.2 Å². The molecule has 0 spiro atoms. The van der Waals surface area contributed by atoms with E-state index in [2.05, 4.69) is 5.32 Å². The second kappa shape index (κ2) is 4.78. The number of carbonyl (C=O) groups is 2. The van der Waals surface area contributed by atoms with Gasteiger partial charge in [-0.15, -0.1) is 0 Å². The van der Waals surface area contributed by atoms with Crippen molar-refractivity contribution >= 4 is 29.0 Å². The van der Waals surface area contributed by atoms with E-state index in [4.69, 9.17) is 18.0 Å². The molecule has 1 aliphatic carbocycles. The molecule has 0 aliphatic heterocycles. The summed E-state index contributed by atoms with van der Waals surface area (Å²) in [6.45, 7) is 2.38. The standard InChI is InChI=1S/C10H17N3O2S/c1-3-13(6-7(14)12-2)9(15)10(4-5-10)8(11)16/h3-6H2,1-2H3,(H2,11,16)(H,12,14). The van der Waals surface area contributed by atoms with E-state index in [1.54, 1.807) is 7.05 Å². The summed E-state index contributed by atoms with van der Waals surface area (Å²) in [5, 5.41) is 2.49. The SMILES string of the molecule is CCN(CC(=O)NC)C(=O)C1(C(N)=S)CC1. The first kappa shape index (κ1) is 12.9. The molecule has 1 saturated carbocycles. The molecule has 6 heteroatoms. The molecule has 0 atom stereocenters. The monoisotopic (exact) mass is 243 g/mol. The summed E-state index contributed by atoms with van der Waals surface area (Å²) < 4.78 is 0. The van der Waals surface area contributed by atoms with Gasteiger partial charge in [-0.3, -0.25) is 9.59 Å². The minimum Gasteiger partial charge on any atom is -0.392 e. The fourth-order valence-electron chi connectivity index (χ4n) is 1.57. The highest BCUT2D eigenvalue weighted by Crippen LogP contribution is 2.47. The first-order valence-corrected chi connectivity index (χ1v) is 5.68. The van der Waals surface area contributed by atoms with Crippen molar-refractivity contribution in [3.8, 4) is 0 Å². The molecule has 0 bridgehead atoms. The minimum absolute atomic E-state index is 0.0657. The van der Waals surface area contributed by atoms with Crippen LogP contribution in [-0.4, -0.2) is 41.8 Å². The number of amides is 2. The molecule has 1 fully saturated rings. The Morgan fingerprint density at radius 2 is 2.06 bits per heavy atom. The van der Waals surface area contributed by atoms with Gasteiger partial charge in [0.2, 0.25) is 11.8 Å². The lowest BCUT2D eigenvalue weighted by atomic mass is 10.1. The van der Waals surface area contributed by atoms with Crippen LogP contribution in [0.2, 0.25) is 0 Å². The highest BCUT2D eigenvalue weighted by Gasteiger charge is 2.54. The Bertz CT molecular complexity index is 326. The van der Waals surface area contributed by atoms with Crippen LogP contribution in [0.4, 0.5) is 0 Å².